The van der Waals surface area contributed by atoms with Gasteiger partial charge in [0.25, 0.3) is 0 Å². The summed E-state index contributed by atoms with van der Waals surface area (Å²) in [6.07, 6.45) is 1.43. The van der Waals surface area contributed by atoms with Gasteiger partial charge in [0.1, 0.15) is 28.4 Å². The molecular weight excluding hydrogens is 400 g/mol. The summed E-state index contributed by atoms with van der Waals surface area (Å²) in [4.78, 5) is 38.4. The van der Waals surface area contributed by atoms with E-state index in [4.69, 9.17) is 13.6 Å². The molecule has 5 rings (SSSR count). The van der Waals surface area contributed by atoms with Gasteiger partial charge < -0.3 is 18.7 Å². The molecule has 0 radical (unpaired) electrons. The molecule has 1 N–H and O–H groups in total. The Labute approximate surface area is 175 Å². The Morgan fingerprint density at radius 3 is 1.97 bits per heavy atom. The van der Waals surface area contributed by atoms with E-state index < -0.39 is 28.9 Å². The van der Waals surface area contributed by atoms with Crippen LogP contribution in [0.3, 0.4) is 0 Å². The van der Waals surface area contributed by atoms with E-state index >= 15 is 0 Å². The Kier molecular flexibility index (Phi) is 4.22. The third kappa shape index (κ3) is 2.77. The molecule has 0 bridgehead atoms. The SMILES string of the molecule is CCc1ccc2oc(=O)c(C3C(=O)Oc4c3c(=O)oc3ccc(CC)cc43)c(O)c2c1. The maximum atomic E-state index is 12.9. The molecule has 7 heteroatoms. The van der Waals surface area contributed by atoms with Crippen LogP contribution in [-0.4, -0.2) is 11.1 Å². The van der Waals surface area contributed by atoms with Gasteiger partial charge >= 0.3 is 17.2 Å². The fraction of sp³-hybridized carbons (Fsp3) is 0.208. The largest absolute Gasteiger partial charge is 0.507 e. The van der Waals surface area contributed by atoms with E-state index in [2.05, 4.69) is 0 Å². The van der Waals surface area contributed by atoms with Gasteiger partial charge in [0.05, 0.1) is 16.3 Å². The topological polar surface area (TPSA) is 107 Å². The lowest BCUT2D eigenvalue weighted by molar-refractivity contribution is -0.133. The Bertz CT molecular complexity index is 1510. The zero-order valence-electron chi connectivity index (χ0n) is 16.9. The van der Waals surface area contributed by atoms with Crippen molar-refractivity contribution in [2.75, 3.05) is 0 Å². The van der Waals surface area contributed by atoms with Gasteiger partial charge in [0, 0.05) is 0 Å². The van der Waals surface area contributed by atoms with Crippen molar-refractivity contribution in [1.29, 1.82) is 0 Å². The zero-order valence-corrected chi connectivity index (χ0v) is 16.9. The van der Waals surface area contributed by atoms with Crippen molar-refractivity contribution >= 4 is 27.9 Å². The van der Waals surface area contributed by atoms with E-state index in [0.717, 1.165) is 17.5 Å². The molecule has 31 heavy (non-hydrogen) atoms. The Hall–Kier alpha value is -3.87. The summed E-state index contributed by atoms with van der Waals surface area (Å²) in [6.45, 7) is 3.92. The van der Waals surface area contributed by atoms with E-state index in [0.29, 0.717) is 11.8 Å². The van der Waals surface area contributed by atoms with Crippen molar-refractivity contribution in [3.8, 4) is 11.5 Å². The molecule has 156 valence electrons. The summed E-state index contributed by atoms with van der Waals surface area (Å²) in [5, 5.41) is 11.7. The number of fused-ring (bicyclic) bond motifs is 4. The number of hydrogen-bond donors (Lipinski definition) is 1. The van der Waals surface area contributed by atoms with Crippen molar-refractivity contribution in [3.63, 3.8) is 0 Å². The van der Waals surface area contributed by atoms with Crippen LogP contribution in [0.1, 0.15) is 42.0 Å². The van der Waals surface area contributed by atoms with E-state index in [1.165, 1.54) is 0 Å². The molecule has 1 atom stereocenters. The Balaban J connectivity index is 1.82. The van der Waals surface area contributed by atoms with Crippen LogP contribution in [0.25, 0.3) is 21.9 Å². The van der Waals surface area contributed by atoms with Crippen LogP contribution in [-0.2, 0) is 17.6 Å². The van der Waals surface area contributed by atoms with Gasteiger partial charge in [-0.2, -0.15) is 0 Å². The predicted molar refractivity (Wildman–Crippen MR) is 113 cm³/mol. The molecule has 0 saturated heterocycles. The first-order valence-corrected chi connectivity index (χ1v) is 10.0. The zero-order chi connectivity index (χ0) is 21.9. The average molecular weight is 418 g/mol. The number of carbonyl (C=O) groups excluding carboxylic acids is 1. The highest BCUT2D eigenvalue weighted by Gasteiger charge is 2.43. The van der Waals surface area contributed by atoms with Crippen molar-refractivity contribution in [1.82, 2.24) is 0 Å². The second-order valence-electron chi connectivity index (χ2n) is 7.51. The van der Waals surface area contributed by atoms with Gasteiger partial charge in [-0.05, 0) is 48.2 Å². The van der Waals surface area contributed by atoms with Gasteiger partial charge in [-0.3, -0.25) is 4.79 Å². The predicted octanol–water partition coefficient (Wildman–Crippen LogP) is 3.78. The lowest BCUT2D eigenvalue weighted by atomic mass is 9.92. The van der Waals surface area contributed by atoms with Crippen molar-refractivity contribution in [2.24, 2.45) is 0 Å². The van der Waals surface area contributed by atoms with Crippen LogP contribution in [0.2, 0.25) is 0 Å². The number of carbonyl (C=O) groups is 1. The summed E-state index contributed by atoms with van der Waals surface area (Å²) in [6, 6.07) is 10.3. The third-order valence-electron chi connectivity index (χ3n) is 5.76. The lowest BCUT2D eigenvalue weighted by Crippen LogP contribution is -2.22. The molecule has 2 aromatic heterocycles. The van der Waals surface area contributed by atoms with Crippen LogP contribution in [0.5, 0.6) is 11.5 Å². The van der Waals surface area contributed by atoms with Crippen LogP contribution in [0.4, 0.5) is 0 Å². The number of ether oxygens (including phenoxy) is 1. The third-order valence-corrected chi connectivity index (χ3v) is 5.76. The molecule has 1 aliphatic rings. The van der Waals surface area contributed by atoms with Gasteiger partial charge in [0.15, 0.2) is 5.75 Å². The molecule has 7 nitrogen and oxygen atoms in total. The van der Waals surface area contributed by atoms with E-state index in [1.54, 1.807) is 30.3 Å². The molecule has 3 heterocycles. The molecule has 2 aromatic carbocycles. The number of aromatic hydroxyl groups is 1. The van der Waals surface area contributed by atoms with Crippen molar-refractivity contribution < 1.29 is 23.5 Å². The average Bonchev–Trinajstić information content (AvgIpc) is 3.11. The minimum absolute atomic E-state index is 0.0535. The molecular formula is C24H18O7. The molecule has 0 amide bonds. The van der Waals surface area contributed by atoms with E-state index in [-0.39, 0.29) is 33.4 Å². The highest BCUT2D eigenvalue weighted by Crippen LogP contribution is 2.44. The van der Waals surface area contributed by atoms with Crippen LogP contribution in [0.15, 0.2) is 54.8 Å². The summed E-state index contributed by atoms with van der Waals surface area (Å²) >= 11 is 0. The first-order chi connectivity index (χ1) is 14.9. The minimum atomic E-state index is -1.44. The molecule has 0 saturated carbocycles. The van der Waals surface area contributed by atoms with Crippen LogP contribution in [0, 0.1) is 0 Å². The van der Waals surface area contributed by atoms with Crippen LogP contribution >= 0.6 is 0 Å². The highest BCUT2D eigenvalue weighted by molar-refractivity contribution is 5.98. The quantitative estimate of drug-likeness (QED) is 0.398. The van der Waals surface area contributed by atoms with Crippen molar-refractivity contribution in [3.05, 3.63) is 79.5 Å². The minimum Gasteiger partial charge on any atom is -0.507 e. The van der Waals surface area contributed by atoms with Crippen molar-refractivity contribution in [2.45, 2.75) is 32.6 Å². The standard InChI is InChI=1S/C24H18O7/c1-3-11-5-7-15-13(9-11)20(25)18(23(27)29-15)17-19-21(31-22(17)26)14-10-12(4-2)6-8-16(14)30-24(19)28/h5-10,17,25H,3-4H2,1-2H3. The van der Waals surface area contributed by atoms with Gasteiger partial charge in [-0.15, -0.1) is 0 Å². The molecule has 1 aliphatic heterocycles. The molecule has 0 fully saturated rings. The molecule has 1 unspecified atom stereocenters. The summed E-state index contributed by atoms with van der Waals surface area (Å²) in [5.74, 6) is -2.63. The Morgan fingerprint density at radius 2 is 1.35 bits per heavy atom. The smallest absolute Gasteiger partial charge is 0.344 e. The number of benzene rings is 2. The fourth-order valence-corrected chi connectivity index (χ4v) is 4.08. The monoisotopic (exact) mass is 418 g/mol. The number of hydrogen-bond acceptors (Lipinski definition) is 7. The summed E-state index contributed by atoms with van der Waals surface area (Å²) in [7, 11) is 0. The second-order valence-corrected chi connectivity index (χ2v) is 7.51. The Morgan fingerprint density at radius 1 is 0.806 bits per heavy atom. The van der Waals surface area contributed by atoms with E-state index in [1.807, 2.05) is 19.9 Å². The summed E-state index contributed by atoms with van der Waals surface area (Å²) in [5.41, 5.74) is 0.180. The molecule has 0 spiro atoms. The number of esters is 1. The molecule has 4 aromatic rings. The van der Waals surface area contributed by atoms with Crippen LogP contribution < -0.4 is 16.0 Å². The van der Waals surface area contributed by atoms with Gasteiger partial charge in [-0.25, -0.2) is 9.59 Å². The summed E-state index contributed by atoms with van der Waals surface area (Å²) < 4.78 is 16.2. The van der Waals surface area contributed by atoms with E-state index in [9.17, 15) is 19.5 Å². The maximum absolute atomic E-state index is 12.9. The first-order valence-electron chi connectivity index (χ1n) is 10.0. The highest BCUT2D eigenvalue weighted by atomic mass is 16.5. The number of aryl methyl sites for hydroxylation is 2. The van der Waals surface area contributed by atoms with Gasteiger partial charge in [0.2, 0.25) is 0 Å². The maximum Gasteiger partial charge on any atom is 0.344 e. The second kappa shape index (κ2) is 6.84. The first kappa shape index (κ1) is 19.1. The fourth-order valence-electron chi connectivity index (χ4n) is 4.08. The number of rotatable bonds is 3. The molecule has 0 aliphatic carbocycles. The normalized spacial score (nSPS) is 15.4. The van der Waals surface area contributed by atoms with Gasteiger partial charge in [-0.1, -0.05) is 26.0 Å². The lowest BCUT2D eigenvalue weighted by Gasteiger charge is -2.10.